The first-order chi connectivity index (χ1) is 11.3. The van der Waals surface area contributed by atoms with Gasteiger partial charge in [0.05, 0.1) is 12.1 Å². The van der Waals surface area contributed by atoms with Gasteiger partial charge in [-0.2, -0.15) is 0 Å². The van der Waals surface area contributed by atoms with Gasteiger partial charge in [0.2, 0.25) is 5.91 Å². The molecule has 0 spiro atoms. The molecule has 3 atom stereocenters. The number of nitrogens with two attached hydrogens (primary N) is 1. The number of carbonyl (C=O) groups excluding carboxylic acids is 3. The zero-order valence-electron chi connectivity index (χ0n) is 13.9. The molecule has 1 aromatic rings. The lowest BCUT2D eigenvalue weighted by Crippen LogP contribution is -2.52. The van der Waals surface area contributed by atoms with E-state index in [1.165, 1.54) is 13.8 Å². The molecule has 0 radical (unpaired) electrons. The number of carbonyl (C=O) groups is 3. The summed E-state index contributed by atoms with van der Waals surface area (Å²) in [6.45, 7) is 2.83. The second-order valence-electron chi connectivity index (χ2n) is 5.63. The van der Waals surface area contributed by atoms with Crippen LogP contribution in [0.15, 0.2) is 30.3 Å². The van der Waals surface area contributed by atoms with E-state index in [-0.39, 0.29) is 25.2 Å². The fourth-order valence-corrected chi connectivity index (χ4v) is 2.04. The molecule has 0 aromatic heterocycles. The zero-order valence-corrected chi connectivity index (χ0v) is 13.9. The largest absolute Gasteiger partial charge is 0.461 e. The van der Waals surface area contributed by atoms with Crippen LogP contribution in [0.25, 0.3) is 0 Å². The maximum absolute atomic E-state index is 11.9. The first-order valence-corrected chi connectivity index (χ1v) is 7.75. The van der Waals surface area contributed by atoms with Crippen molar-refractivity contribution in [3.8, 4) is 0 Å². The minimum absolute atomic E-state index is 0.0131. The number of aliphatic hydroxyl groups is 1. The molecule has 0 aliphatic carbocycles. The Balaban J connectivity index is 2.36. The summed E-state index contributed by atoms with van der Waals surface area (Å²) in [4.78, 5) is 34.9. The highest BCUT2D eigenvalue weighted by Gasteiger charge is 2.25. The number of amides is 1. The summed E-state index contributed by atoms with van der Waals surface area (Å²) in [6, 6.07) is 7.26. The second-order valence-corrected chi connectivity index (χ2v) is 5.63. The van der Waals surface area contributed by atoms with E-state index in [1.807, 2.05) is 30.3 Å². The Morgan fingerprint density at radius 2 is 1.88 bits per heavy atom. The quantitative estimate of drug-likeness (QED) is 0.558. The number of aliphatic hydroxyl groups excluding tert-OH is 1. The summed E-state index contributed by atoms with van der Waals surface area (Å²) in [7, 11) is 0. The number of nitrogens with one attached hydrogen (secondary N) is 1. The van der Waals surface area contributed by atoms with E-state index in [9.17, 15) is 19.5 Å². The van der Waals surface area contributed by atoms with Gasteiger partial charge >= 0.3 is 5.97 Å². The number of hydrogen-bond donors (Lipinski definition) is 3. The maximum atomic E-state index is 11.9. The highest BCUT2D eigenvalue weighted by molar-refractivity contribution is 5.90. The minimum Gasteiger partial charge on any atom is -0.461 e. The van der Waals surface area contributed by atoms with Crippen LogP contribution in [-0.4, -0.2) is 41.0 Å². The topological polar surface area (TPSA) is 119 Å². The maximum Gasteiger partial charge on any atom is 0.306 e. The number of ether oxygens (including phenoxy) is 1. The van der Waals surface area contributed by atoms with Crippen LogP contribution >= 0.6 is 0 Å². The number of Topliss-reactive ketones (excluding diaryl/α,β-unsaturated/α-hetero) is 1. The van der Waals surface area contributed by atoms with E-state index < -0.39 is 30.1 Å². The molecule has 4 N–H and O–H groups in total. The van der Waals surface area contributed by atoms with Crippen molar-refractivity contribution in [3.63, 3.8) is 0 Å². The van der Waals surface area contributed by atoms with Crippen LogP contribution in [0.3, 0.4) is 0 Å². The zero-order chi connectivity index (χ0) is 18.1. The Morgan fingerprint density at radius 1 is 1.25 bits per heavy atom. The van der Waals surface area contributed by atoms with Crippen molar-refractivity contribution < 1.29 is 24.2 Å². The molecule has 0 bridgehead atoms. The van der Waals surface area contributed by atoms with E-state index in [0.29, 0.717) is 0 Å². The van der Waals surface area contributed by atoms with Gasteiger partial charge in [-0.05, 0) is 25.8 Å². The lowest BCUT2D eigenvalue weighted by molar-refractivity contribution is -0.145. The third-order valence-electron chi connectivity index (χ3n) is 3.46. The van der Waals surface area contributed by atoms with Crippen molar-refractivity contribution in [2.24, 2.45) is 5.73 Å². The van der Waals surface area contributed by atoms with Crippen molar-refractivity contribution >= 4 is 17.7 Å². The van der Waals surface area contributed by atoms with Gasteiger partial charge in [-0.1, -0.05) is 30.3 Å². The molecular weight excluding hydrogens is 312 g/mol. The first kappa shape index (κ1) is 19.8. The average molecular weight is 336 g/mol. The number of hydrogen-bond acceptors (Lipinski definition) is 6. The third-order valence-corrected chi connectivity index (χ3v) is 3.46. The van der Waals surface area contributed by atoms with Crippen LogP contribution in [-0.2, 0) is 25.7 Å². The SMILES string of the molecule is CC(=O)[C@@H](NC(=O)[C@@H](N)CCC(=O)OCc1ccccc1)C(C)O. The predicted molar refractivity (Wildman–Crippen MR) is 87.7 cm³/mol. The molecule has 0 aliphatic heterocycles. The van der Waals surface area contributed by atoms with E-state index in [0.717, 1.165) is 5.56 Å². The Morgan fingerprint density at radius 3 is 2.42 bits per heavy atom. The Kier molecular flexibility index (Phi) is 8.08. The first-order valence-electron chi connectivity index (χ1n) is 7.75. The molecule has 1 unspecified atom stereocenters. The van der Waals surface area contributed by atoms with Crippen molar-refractivity contribution in [3.05, 3.63) is 35.9 Å². The number of rotatable bonds is 9. The molecular formula is C17H24N2O5. The van der Waals surface area contributed by atoms with E-state index in [1.54, 1.807) is 0 Å². The van der Waals surface area contributed by atoms with Crippen LogP contribution in [0.1, 0.15) is 32.3 Å². The predicted octanol–water partition coefficient (Wildman–Crippen LogP) is 0.292. The summed E-state index contributed by atoms with van der Waals surface area (Å²) in [5.74, 6) is -1.42. The van der Waals surface area contributed by atoms with E-state index in [4.69, 9.17) is 10.5 Å². The smallest absolute Gasteiger partial charge is 0.306 e. The third kappa shape index (κ3) is 6.89. The Hall–Kier alpha value is -2.25. The Labute approximate surface area is 141 Å². The molecule has 1 amide bonds. The van der Waals surface area contributed by atoms with Crippen molar-refractivity contribution in [2.45, 2.75) is 51.5 Å². The molecule has 1 rings (SSSR count). The van der Waals surface area contributed by atoms with Gasteiger partial charge in [-0.25, -0.2) is 0 Å². The van der Waals surface area contributed by atoms with Gasteiger partial charge in [0.25, 0.3) is 0 Å². The Bertz CT molecular complexity index is 559. The summed E-state index contributed by atoms with van der Waals surface area (Å²) < 4.78 is 5.10. The molecule has 0 fully saturated rings. The fraction of sp³-hybridized carbons (Fsp3) is 0.471. The number of benzene rings is 1. The van der Waals surface area contributed by atoms with Crippen LogP contribution in [0.4, 0.5) is 0 Å². The fourth-order valence-electron chi connectivity index (χ4n) is 2.04. The molecule has 7 nitrogen and oxygen atoms in total. The summed E-state index contributed by atoms with van der Waals surface area (Å²) in [5, 5.41) is 11.8. The second kappa shape index (κ2) is 9.79. The van der Waals surface area contributed by atoms with Gasteiger partial charge in [0.15, 0.2) is 5.78 Å². The van der Waals surface area contributed by atoms with E-state index in [2.05, 4.69) is 5.32 Å². The van der Waals surface area contributed by atoms with Gasteiger partial charge < -0.3 is 20.9 Å². The molecule has 7 heteroatoms. The van der Waals surface area contributed by atoms with E-state index >= 15 is 0 Å². The standard InChI is InChI=1S/C17H24N2O5/c1-11(20)16(12(2)21)19-17(23)14(18)8-9-15(22)24-10-13-6-4-3-5-7-13/h3-7,11,14,16,20H,8-10,18H2,1-2H3,(H,19,23)/t11?,14-,16-/m0/s1. The molecule has 0 heterocycles. The normalized spacial score (nSPS) is 14.3. The van der Waals surface area contributed by atoms with Crippen LogP contribution in [0, 0.1) is 0 Å². The van der Waals surface area contributed by atoms with Crippen molar-refractivity contribution in [1.29, 1.82) is 0 Å². The minimum atomic E-state index is -1.02. The van der Waals surface area contributed by atoms with Gasteiger partial charge in [-0.3, -0.25) is 14.4 Å². The molecule has 0 saturated carbocycles. The molecule has 1 aromatic carbocycles. The van der Waals surface area contributed by atoms with Crippen molar-refractivity contribution in [1.82, 2.24) is 5.32 Å². The number of ketones is 1. The van der Waals surface area contributed by atoms with Crippen molar-refractivity contribution in [2.75, 3.05) is 0 Å². The molecule has 24 heavy (non-hydrogen) atoms. The average Bonchev–Trinajstić information content (AvgIpc) is 2.55. The lowest BCUT2D eigenvalue weighted by Gasteiger charge is -2.20. The highest BCUT2D eigenvalue weighted by Crippen LogP contribution is 2.04. The highest BCUT2D eigenvalue weighted by atomic mass is 16.5. The van der Waals surface area contributed by atoms with Gasteiger partial charge in [-0.15, -0.1) is 0 Å². The lowest BCUT2D eigenvalue weighted by atomic mass is 10.1. The van der Waals surface area contributed by atoms with Crippen LogP contribution in [0.2, 0.25) is 0 Å². The van der Waals surface area contributed by atoms with Crippen LogP contribution < -0.4 is 11.1 Å². The molecule has 132 valence electrons. The number of esters is 1. The summed E-state index contributed by atoms with van der Waals surface area (Å²) in [6.07, 6.45) is -0.945. The monoisotopic (exact) mass is 336 g/mol. The molecule has 0 saturated heterocycles. The summed E-state index contributed by atoms with van der Waals surface area (Å²) in [5.41, 5.74) is 6.58. The van der Waals surface area contributed by atoms with Gasteiger partial charge in [0.1, 0.15) is 12.6 Å². The summed E-state index contributed by atoms with van der Waals surface area (Å²) >= 11 is 0. The van der Waals surface area contributed by atoms with Gasteiger partial charge in [0, 0.05) is 6.42 Å². The molecule has 0 aliphatic rings. The van der Waals surface area contributed by atoms with Crippen LogP contribution in [0.5, 0.6) is 0 Å².